The molecule has 172 valence electrons. The Morgan fingerprint density at radius 2 is 1.31 bits per heavy atom. The van der Waals surface area contributed by atoms with Crippen molar-refractivity contribution in [3.05, 3.63) is 0 Å². The van der Waals surface area contributed by atoms with Crippen LogP contribution in [-0.2, 0) is 10.0 Å². The van der Waals surface area contributed by atoms with Crippen LogP contribution >= 0.6 is 0 Å². The van der Waals surface area contributed by atoms with Crippen LogP contribution in [0.2, 0.25) is 0 Å². The number of alkyl halides is 9. The number of hydrogen-bond donors (Lipinski definition) is 0. The van der Waals surface area contributed by atoms with Crippen LogP contribution in [0.25, 0.3) is 0 Å². The van der Waals surface area contributed by atoms with E-state index in [0.717, 1.165) is 6.42 Å². The van der Waals surface area contributed by atoms with E-state index >= 15 is 0 Å². The maximum atomic E-state index is 14.0. The van der Waals surface area contributed by atoms with Crippen LogP contribution in [0.3, 0.4) is 0 Å². The molecule has 0 aromatic carbocycles. The summed E-state index contributed by atoms with van der Waals surface area (Å²) < 4.78 is 144. The predicted molar refractivity (Wildman–Crippen MR) is 86.7 cm³/mol. The monoisotopic (exact) mass is 464 g/mol. The zero-order valence-corrected chi connectivity index (χ0v) is 16.4. The Hall–Kier alpha value is -1.21. The molecule has 0 unspecified atom stereocenters. The van der Waals surface area contributed by atoms with E-state index in [-0.39, 0.29) is 25.9 Å². The van der Waals surface area contributed by atoms with E-state index < -0.39 is 45.1 Å². The van der Waals surface area contributed by atoms with Crippen LogP contribution in [0.5, 0.6) is 0 Å². The van der Waals surface area contributed by atoms with Crippen molar-refractivity contribution in [2.75, 3.05) is 13.1 Å². The minimum absolute atomic E-state index is 0.0298. The zero-order chi connectivity index (χ0) is 22.9. The molecule has 14 heteroatoms. The summed E-state index contributed by atoms with van der Waals surface area (Å²) in [5.74, 6) is -15.8. The third-order valence-corrected chi connectivity index (χ3v) is 6.04. The molecule has 1 saturated carbocycles. The first-order valence-corrected chi connectivity index (χ1v) is 10.2. The molecule has 29 heavy (non-hydrogen) atoms. The minimum Gasteiger partial charge on any atom is -0.360 e. The van der Waals surface area contributed by atoms with Crippen molar-refractivity contribution in [2.45, 2.75) is 69.2 Å². The summed E-state index contributed by atoms with van der Waals surface area (Å²) in [4.78, 5) is 1.17. The largest absolute Gasteiger partial charge is 0.460 e. The fourth-order valence-corrected chi connectivity index (χ4v) is 4.08. The van der Waals surface area contributed by atoms with Crippen molar-refractivity contribution in [3.8, 4) is 0 Å². The Balaban J connectivity index is 3.54. The molecule has 0 spiro atoms. The maximum Gasteiger partial charge on any atom is 0.460 e. The fourth-order valence-electron chi connectivity index (χ4n) is 3.00. The van der Waals surface area contributed by atoms with Crippen molar-refractivity contribution < 1.29 is 47.9 Å². The van der Waals surface area contributed by atoms with E-state index in [1.54, 1.807) is 0 Å². The summed E-state index contributed by atoms with van der Waals surface area (Å²) >= 11 is 0. The topological polar surface area (TPSA) is 49.7 Å². The lowest BCUT2D eigenvalue weighted by Crippen LogP contribution is -2.63. The zero-order valence-electron chi connectivity index (χ0n) is 15.5. The molecule has 1 aliphatic rings. The summed E-state index contributed by atoms with van der Waals surface area (Å²) in [6.07, 6.45) is -4.67. The second kappa shape index (κ2) is 8.50. The van der Waals surface area contributed by atoms with Crippen LogP contribution in [0.15, 0.2) is 4.40 Å². The van der Waals surface area contributed by atoms with Gasteiger partial charge in [-0.15, -0.1) is 4.40 Å². The predicted octanol–water partition coefficient (Wildman–Crippen LogP) is 5.06. The highest BCUT2D eigenvalue weighted by atomic mass is 32.2. The lowest BCUT2D eigenvalue weighted by molar-refractivity contribution is -0.382. The van der Waals surface area contributed by atoms with Gasteiger partial charge in [-0.05, 0) is 26.7 Å². The molecule has 1 fully saturated rings. The lowest BCUT2D eigenvalue weighted by atomic mass is 9.88. The van der Waals surface area contributed by atoms with Gasteiger partial charge in [-0.25, -0.2) is 0 Å². The number of nitrogens with zero attached hydrogens (tertiary/aromatic N) is 2. The van der Waals surface area contributed by atoms with Crippen LogP contribution in [0, 0.1) is 5.92 Å². The van der Waals surface area contributed by atoms with Crippen LogP contribution in [0.1, 0.15) is 46.0 Å². The van der Waals surface area contributed by atoms with Crippen molar-refractivity contribution in [1.82, 2.24) is 4.90 Å². The van der Waals surface area contributed by atoms with Crippen molar-refractivity contribution in [1.29, 1.82) is 0 Å². The van der Waals surface area contributed by atoms with Gasteiger partial charge in [0.15, 0.2) is 0 Å². The molecule has 0 aromatic rings. The summed E-state index contributed by atoms with van der Waals surface area (Å²) in [6, 6.07) is 0. The molecule has 0 radical (unpaired) electrons. The number of hydrogen-bond acceptors (Lipinski definition) is 2. The second-order valence-corrected chi connectivity index (χ2v) is 8.24. The molecule has 0 N–H and O–H groups in total. The van der Waals surface area contributed by atoms with Gasteiger partial charge in [0, 0.05) is 19.0 Å². The third kappa shape index (κ3) is 4.61. The Bertz CT molecular complexity index is 695. The molecular weight excluding hydrogens is 443 g/mol. The van der Waals surface area contributed by atoms with Gasteiger partial charge >= 0.3 is 33.3 Å². The normalized spacial score (nSPS) is 18.8. The van der Waals surface area contributed by atoms with Gasteiger partial charge in [0.25, 0.3) is 0 Å². The van der Waals surface area contributed by atoms with Gasteiger partial charge in [0.1, 0.15) is 5.84 Å². The molecular formula is C15H21F9N2O2S. The first-order chi connectivity index (χ1) is 13.0. The van der Waals surface area contributed by atoms with Crippen LogP contribution in [0.4, 0.5) is 39.5 Å². The highest BCUT2D eigenvalue weighted by Crippen LogP contribution is 2.55. The Morgan fingerprint density at radius 3 is 1.69 bits per heavy atom. The maximum absolute atomic E-state index is 14.0. The molecule has 0 aliphatic heterocycles. The molecule has 0 amide bonds. The average molecular weight is 464 g/mol. The Morgan fingerprint density at radius 1 is 0.862 bits per heavy atom. The van der Waals surface area contributed by atoms with Crippen LogP contribution in [-0.4, -0.2) is 55.5 Å². The molecule has 1 aliphatic carbocycles. The van der Waals surface area contributed by atoms with Gasteiger partial charge in [0.05, 0.1) is 0 Å². The highest BCUT2D eigenvalue weighted by Gasteiger charge is 2.85. The van der Waals surface area contributed by atoms with Gasteiger partial charge in [-0.3, -0.25) is 0 Å². The third-order valence-electron chi connectivity index (χ3n) is 4.71. The second-order valence-electron chi connectivity index (χ2n) is 6.60. The smallest absolute Gasteiger partial charge is 0.360 e. The first-order valence-electron chi connectivity index (χ1n) is 8.77. The van der Waals surface area contributed by atoms with E-state index in [1.165, 1.54) is 18.7 Å². The number of amidine groups is 1. The quantitative estimate of drug-likeness (QED) is 0.301. The van der Waals surface area contributed by atoms with Crippen molar-refractivity contribution >= 4 is 15.9 Å². The molecule has 4 nitrogen and oxygen atoms in total. The standard InChI is InChI=1S/C15H21F9N2O2S/c1-3-26(4-2)11(10-8-6-5-7-9-10)25-29(27,28)15(23,24)13(18,19)12(16,17)14(20,21)22/h10H,3-9H2,1-2H3/b25-11-. The molecule has 0 bridgehead atoms. The van der Waals surface area contributed by atoms with E-state index in [2.05, 4.69) is 4.40 Å². The Labute approximate surface area is 162 Å². The van der Waals surface area contributed by atoms with Crippen molar-refractivity contribution in [3.63, 3.8) is 0 Å². The van der Waals surface area contributed by atoms with Gasteiger partial charge in [-0.1, -0.05) is 19.3 Å². The average Bonchev–Trinajstić information content (AvgIpc) is 2.61. The number of rotatable bonds is 7. The molecule has 0 aromatic heterocycles. The summed E-state index contributed by atoms with van der Waals surface area (Å²) in [5.41, 5.74) is 0. The fraction of sp³-hybridized carbons (Fsp3) is 0.933. The van der Waals surface area contributed by atoms with Crippen LogP contribution < -0.4 is 0 Å². The summed E-state index contributed by atoms with van der Waals surface area (Å²) in [5, 5.41) is -6.80. The summed E-state index contributed by atoms with van der Waals surface area (Å²) in [6.45, 7) is 3.03. The van der Waals surface area contributed by atoms with E-state index in [4.69, 9.17) is 0 Å². The van der Waals surface area contributed by atoms with Gasteiger partial charge in [-0.2, -0.15) is 47.9 Å². The van der Waals surface area contributed by atoms with Gasteiger partial charge < -0.3 is 4.90 Å². The lowest BCUT2D eigenvalue weighted by Gasteiger charge is -2.34. The number of halogens is 9. The molecule has 0 atom stereocenters. The van der Waals surface area contributed by atoms with E-state index in [0.29, 0.717) is 12.8 Å². The highest BCUT2D eigenvalue weighted by molar-refractivity contribution is 7.91. The van der Waals surface area contributed by atoms with Gasteiger partial charge in [0.2, 0.25) is 0 Å². The Kier molecular flexibility index (Phi) is 7.57. The summed E-state index contributed by atoms with van der Waals surface area (Å²) in [7, 11) is -6.79. The minimum atomic E-state index is -7.30. The molecule has 0 saturated heterocycles. The first kappa shape index (κ1) is 25.8. The number of sulfonamides is 1. The SMILES string of the molecule is CCN(CC)/C(=N\S(=O)(=O)C(F)(F)C(F)(F)C(F)(F)C(F)(F)F)C1CCCCC1. The van der Waals surface area contributed by atoms with Crippen molar-refractivity contribution in [2.24, 2.45) is 10.3 Å². The van der Waals surface area contributed by atoms with E-state index in [1.807, 2.05) is 0 Å². The molecule has 0 heterocycles. The van der Waals surface area contributed by atoms with E-state index in [9.17, 15) is 47.9 Å². The molecule has 1 rings (SSSR count).